The van der Waals surface area contributed by atoms with E-state index in [9.17, 15) is 9.18 Å². The van der Waals surface area contributed by atoms with Crippen LogP contribution in [0.15, 0.2) is 36.4 Å². The van der Waals surface area contributed by atoms with Crippen LogP contribution in [0.1, 0.15) is 22.3 Å². The van der Waals surface area contributed by atoms with E-state index in [0.29, 0.717) is 13.0 Å². The van der Waals surface area contributed by atoms with Crippen LogP contribution in [0.4, 0.5) is 9.18 Å². The second-order valence-corrected chi connectivity index (χ2v) is 5.75. The smallest absolute Gasteiger partial charge is 0.317 e. The molecule has 2 amide bonds. The zero-order chi connectivity index (χ0) is 17.5. The van der Waals surface area contributed by atoms with Crippen molar-refractivity contribution in [2.45, 2.75) is 27.2 Å². The average molecular weight is 330 g/mol. The summed E-state index contributed by atoms with van der Waals surface area (Å²) in [5.41, 5.74) is 4.24. The quantitative estimate of drug-likeness (QED) is 0.795. The number of hydrogen-bond acceptors (Lipinski definition) is 2. The second kappa shape index (κ2) is 8.34. The second-order valence-electron chi connectivity index (χ2n) is 5.75. The standard InChI is InChI=1S/C19H23FN2O2/c1-13-4-5-14(2)18(15(13)3)24-12-22-19(23)21-11-10-16-6-8-17(20)9-7-16/h4-9H,10-12H2,1-3H3,(H2,21,22,23). The fraction of sp³-hybridized carbons (Fsp3) is 0.316. The summed E-state index contributed by atoms with van der Waals surface area (Å²) in [6.45, 7) is 6.58. The van der Waals surface area contributed by atoms with Crippen LogP contribution in [-0.2, 0) is 6.42 Å². The number of benzene rings is 2. The Morgan fingerprint density at radius 3 is 2.38 bits per heavy atom. The van der Waals surface area contributed by atoms with Gasteiger partial charge in [-0.15, -0.1) is 0 Å². The number of halogens is 1. The van der Waals surface area contributed by atoms with Gasteiger partial charge in [-0.3, -0.25) is 0 Å². The number of ether oxygens (including phenoxy) is 1. The van der Waals surface area contributed by atoms with Gasteiger partial charge in [0.15, 0.2) is 6.73 Å². The summed E-state index contributed by atoms with van der Waals surface area (Å²) in [6, 6.07) is 10.0. The molecule has 0 radical (unpaired) electrons. The van der Waals surface area contributed by atoms with E-state index in [0.717, 1.165) is 28.0 Å². The lowest BCUT2D eigenvalue weighted by atomic mass is 10.1. The predicted molar refractivity (Wildman–Crippen MR) is 92.8 cm³/mol. The van der Waals surface area contributed by atoms with Crippen molar-refractivity contribution in [2.24, 2.45) is 0 Å². The van der Waals surface area contributed by atoms with Crippen molar-refractivity contribution >= 4 is 6.03 Å². The molecule has 0 heterocycles. The van der Waals surface area contributed by atoms with Gasteiger partial charge in [0.1, 0.15) is 11.6 Å². The summed E-state index contributed by atoms with van der Waals surface area (Å²) in [6.07, 6.45) is 0.644. The third-order valence-corrected chi connectivity index (χ3v) is 3.94. The highest BCUT2D eigenvalue weighted by Gasteiger charge is 2.07. The van der Waals surface area contributed by atoms with Crippen LogP contribution in [0.25, 0.3) is 0 Å². The Hall–Kier alpha value is -2.56. The summed E-state index contributed by atoms with van der Waals surface area (Å²) < 4.78 is 18.5. The first-order valence-electron chi connectivity index (χ1n) is 7.93. The minimum Gasteiger partial charge on any atom is -0.473 e. The number of nitrogens with one attached hydrogen (secondary N) is 2. The molecule has 0 spiro atoms. The van der Waals surface area contributed by atoms with Crippen molar-refractivity contribution in [3.63, 3.8) is 0 Å². The van der Waals surface area contributed by atoms with E-state index in [-0.39, 0.29) is 18.6 Å². The average Bonchev–Trinajstić information content (AvgIpc) is 2.56. The van der Waals surface area contributed by atoms with Crippen LogP contribution < -0.4 is 15.4 Å². The molecule has 5 heteroatoms. The highest BCUT2D eigenvalue weighted by atomic mass is 19.1. The van der Waals surface area contributed by atoms with Crippen LogP contribution in [0.3, 0.4) is 0 Å². The molecular weight excluding hydrogens is 307 g/mol. The van der Waals surface area contributed by atoms with Crippen LogP contribution >= 0.6 is 0 Å². The first-order chi connectivity index (χ1) is 11.5. The lowest BCUT2D eigenvalue weighted by Crippen LogP contribution is -2.38. The van der Waals surface area contributed by atoms with Crippen molar-refractivity contribution in [2.75, 3.05) is 13.3 Å². The first-order valence-corrected chi connectivity index (χ1v) is 7.93. The molecule has 4 nitrogen and oxygen atoms in total. The van der Waals surface area contributed by atoms with Crippen LogP contribution in [-0.4, -0.2) is 19.3 Å². The highest BCUT2D eigenvalue weighted by molar-refractivity contribution is 5.73. The van der Waals surface area contributed by atoms with Gasteiger partial charge in [0.2, 0.25) is 0 Å². The molecule has 2 N–H and O–H groups in total. The Morgan fingerprint density at radius 2 is 1.67 bits per heavy atom. The Balaban J connectivity index is 1.72. The molecule has 24 heavy (non-hydrogen) atoms. The van der Waals surface area contributed by atoms with Gasteiger partial charge in [0, 0.05) is 6.54 Å². The van der Waals surface area contributed by atoms with Crippen molar-refractivity contribution in [1.82, 2.24) is 10.6 Å². The molecule has 2 rings (SSSR count). The Bertz CT molecular complexity index is 699. The Labute approximate surface area is 142 Å². The maximum Gasteiger partial charge on any atom is 0.317 e. The van der Waals surface area contributed by atoms with Crippen molar-refractivity contribution in [3.8, 4) is 5.75 Å². The molecule has 0 fully saturated rings. The van der Waals surface area contributed by atoms with Gasteiger partial charge in [-0.05, 0) is 61.6 Å². The number of carbonyl (C=O) groups is 1. The van der Waals surface area contributed by atoms with E-state index in [1.807, 2.05) is 32.9 Å². The van der Waals surface area contributed by atoms with Crippen molar-refractivity contribution in [3.05, 3.63) is 64.5 Å². The fourth-order valence-corrected chi connectivity index (χ4v) is 2.36. The molecule has 2 aromatic rings. The van der Waals surface area contributed by atoms with E-state index < -0.39 is 0 Å². The molecule has 0 aliphatic carbocycles. The topological polar surface area (TPSA) is 50.4 Å². The number of amides is 2. The maximum atomic E-state index is 12.8. The summed E-state index contributed by atoms with van der Waals surface area (Å²) >= 11 is 0. The van der Waals surface area contributed by atoms with E-state index in [1.54, 1.807) is 12.1 Å². The van der Waals surface area contributed by atoms with Crippen LogP contribution in [0.5, 0.6) is 5.75 Å². The van der Waals surface area contributed by atoms with Crippen molar-refractivity contribution < 1.29 is 13.9 Å². The lowest BCUT2D eigenvalue weighted by molar-refractivity contribution is 0.223. The molecule has 0 aliphatic rings. The summed E-state index contributed by atoms with van der Waals surface area (Å²) in [5, 5.41) is 5.42. The summed E-state index contributed by atoms with van der Waals surface area (Å²) in [7, 11) is 0. The van der Waals surface area contributed by atoms with Crippen molar-refractivity contribution in [1.29, 1.82) is 0 Å². The normalized spacial score (nSPS) is 10.3. The van der Waals surface area contributed by atoms with E-state index in [4.69, 9.17) is 4.74 Å². The van der Waals surface area contributed by atoms with Gasteiger partial charge in [-0.25, -0.2) is 9.18 Å². The molecule has 2 aromatic carbocycles. The summed E-state index contributed by atoms with van der Waals surface area (Å²) in [4.78, 5) is 11.8. The van der Waals surface area contributed by atoms with Gasteiger partial charge in [0.05, 0.1) is 0 Å². The van der Waals surface area contributed by atoms with Crippen LogP contribution in [0, 0.1) is 26.6 Å². The molecule has 0 aromatic heterocycles. The van der Waals surface area contributed by atoms with Gasteiger partial charge in [0.25, 0.3) is 0 Å². The molecule has 0 saturated heterocycles. The zero-order valence-corrected chi connectivity index (χ0v) is 14.3. The number of carbonyl (C=O) groups excluding carboxylic acids is 1. The van der Waals surface area contributed by atoms with Gasteiger partial charge in [-0.2, -0.15) is 0 Å². The van der Waals surface area contributed by atoms with Gasteiger partial charge >= 0.3 is 6.03 Å². The van der Waals surface area contributed by atoms with Gasteiger partial charge in [-0.1, -0.05) is 24.3 Å². The molecule has 0 aliphatic heterocycles. The summed E-state index contributed by atoms with van der Waals surface area (Å²) in [5.74, 6) is 0.546. The third-order valence-electron chi connectivity index (χ3n) is 3.94. The number of rotatable bonds is 6. The van der Waals surface area contributed by atoms with E-state index >= 15 is 0 Å². The minimum atomic E-state index is -0.292. The fourth-order valence-electron chi connectivity index (χ4n) is 2.36. The maximum absolute atomic E-state index is 12.8. The van der Waals surface area contributed by atoms with Crippen LogP contribution in [0.2, 0.25) is 0 Å². The number of aryl methyl sites for hydroxylation is 2. The van der Waals surface area contributed by atoms with E-state index in [2.05, 4.69) is 10.6 Å². The monoisotopic (exact) mass is 330 g/mol. The zero-order valence-electron chi connectivity index (χ0n) is 14.3. The Kier molecular flexibility index (Phi) is 6.18. The SMILES string of the molecule is Cc1ccc(C)c(OCNC(=O)NCCc2ccc(F)cc2)c1C. The minimum absolute atomic E-state index is 0.105. The number of urea groups is 1. The lowest BCUT2D eigenvalue weighted by Gasteiger charge is -2.14. The molecule has 0 saturated carbocycles. The first kappa shape index (κ1) is 17.8. The number of hydrogen-bond donors (Lipinski definition) is 2. The molecule has 128 valence electrons. The highest BCUT2D eigenvalue weighted by Crippen LogP contribution is 2.25. The largest absolute Gasteiger partial charge is 0.473 e. The molecular formula is C19H23FN2O2. The van der Waals surface area contributed by atoms with E-state index in [1.165, 1.54) is 12.1 Å². The predicted octanol–water partition coefficient (Wildman–Crippen LogP) is 3.63. The third kappa shape index (κ3) is 4.98. The van der Waals surface area contributed by atoms with Gasteiger partial charge < -0.3 is 15.4 Å². The molecule has 0 unspecified atom stereocenters. The molecule has 0 atom stereocenters. The molecule has 0 bridgehead atoms. The Morgan fingerprint density at radius 1 is 1.00 bits per heavy atom.